The first-order valence-corrected chi connectivity index (χ1v) is 6.63. The van der Waals surface area contributed by atoms with Gasteiger partial charge in [0.2, 0.25) is 0 Å². The maximum Gasteiger partial charge on any atom is 0.251 e. The zero-order chi connectivity index (χ0) is 15.3. The molecule has 0 aromatic heterocycles. The van der Waals surface area contributed by atoms with Gasteiger partial charge in [-0.2, -0.15) is 0 Å². The van der Waals surface area contributed by atoms with Crippen molar-refractivity contribution >= 4 is 5.91 Å². The van der Waals surface area contributed by atoms with Gasteiger partial charge in [0, 0.05) is 5.56 Å². The van der Waals surface area contributed by atoms with E-state index in [9.17, 15) is 9.90 Å². The lowest BCUT2D eigenvalue weighted by Gasteiger charge is -2.29. The Hall–Kier alpha value is -1.75. The number of hydrogen-bond donors (Lipinski definition) is 2. The third-order valence-electron chi connectivity index (χ3n) is 3.21. The average Bonchev–Trinajstić information content (AvgIpc) is 2.38. The molecule has 1 aromatic rings. The Kier molecular flexibility index (Phi) is 5.39. The van der Waals surface area contributed by atoms with Gasteiger partial charge in [0.25, 0.3) is 5.91 Å². The van der Waals surface area contributed by atoms with E-state index in [0.29, 0.717) is 23.7 Å². The van der Waals surface area contributed by atoms with Crippen LogP contribution < -0.4 is 14.8 Å². The highest BCUT2D eigenvalue weighted by molar-refractivity contribution is 5.95. The summed E-state index contributed by atoms with van der Waals surface area (Å²) in [6.07, 6.45) is -0.656. The van der Waals surface area contributed by atoms with Gasteiger partial charge in [-0.1, -0.05) is 0 Å². The van der Waals surface area contributed by atoms with Gasteiger partial charge in [0.05, 0.1) is 25.4 Å². The molecule has 5 heteroatoms. The van der Waals surface area contributed by atoms with E-state index < -0.39 is 11.6 Å². The summed E-state index contributed by atoms with van der Waals surface area (Å²) >= 11 is 0. The number of ether oxygens (including phenoxy) is 2. The van der Waals surface area contributed by atoms with Crippen molar-refractivity contribution in [3.63, 3.8) is 0 Å². The van der Waals surface area contributed by atoms with Crippen LogP contribution in [0.1, 0.15) is 38.1 Å². The molecular weight excluding hydrogens is 258 g/mol. The standard InChI is InChI=1S/C15H23NO4/c1-6-20-13-9-11(7-8-12(13)19-5)14(18)16-15(3,4)10(2)17/h7-10,17H,6H2,1-5H3,(H,16,18). The molecule has 0 fully saturated rings. The summed E-state index contributed by atoms with van der Waals surface area (Å²) < 4.78 is 10.6. The van der Waals surface area contributed by atoms with Crippen LogP contribution in [0.2, 0.25) is 0 Å². The number of benzene rings is 1. The second-order valence-corrected chi connectivity index (χ2v) is 5.15. The number of aliphatic hydroxyl groups excluding tert-OH is 1. The van der Waals surface area contributed by atoms with Crippen LogP contribution >= 0.6 is 0 Å². The number of carbonyl (C=O) groups excluding carboxylic acids is 1. The molecule has 0 radical (unpaired) electrons. The molecular formula is C15H23NO4. The van der Waals surface area contributed by atoms with Crippen molar-refractivity contribution in [3.05, 3.63) is 23.8 Å². The van der Waals surface area contributed by atoms with Crippen molar-refractivity contribution in [1.29, 1.82) is 0 Å². The molecule has 0 saturated carbocycles. The fourth-order valence-electron chi connectivity index (χ4n) is 1.56. The van der Waals surface area contributed by atoms with E-state index >= 15 is 0 Å². The van der Waals surface area contributed by atoms with Crippen LogP contribution in [0, 0.1) is 0 Å². The van der Waals surface area contributed by atoms with Gasteiger partial charge in [-0.3, -0.25) is 4.79 Å². The van der Waals surface area contributed by atoms with E-state index in [0.717, 1.165) is 0 Å². The summed E-state index contributed by atoms with van der Waals surface area (Å²) in [7, 11) is 1.55. The summed E-state index contributed by atoms with van der Waals surface area (Å²) in [4.78, 5) is 12.2. The Balaban J connectivity index is 2.96. The number of amides is 1. The van der Waals surface area contributed by atoms with Crippen molar-refractivity contribution in [3.8, 4) is 11.5 Å². The highest BCUT2D eigenvalue weighted by atomic mass is 16.5. The van der Waals surface area contributed by atoms with Gasteiger partial charge in [0.1, 0.15) is 0 Å². The third-order valence-corrected chi connectivity index (χ3v) is 3.21. The first kappa shape index (κ1) is 16.3. The molecule has 0 bridgehead atoms. The molecule has 0 aliphatic rings. The summed E-state index contributed by atoms with van der Waals surface area (Å²) in [5.74, 6) is 0.843. The molecule has 0 spiro atoms. The molecule has 1 rings (SSSR count). The largest absolute Gasteiger partial charge is 0.493 e. The van der Waals surface area contributed by atoms with Crippen molar-refractivity contribution in [2.45, 2.75) is 39.3 Å². The minimum absolute atomic E-state index is 0.264. The molecule has 1 unspecified atom stereocenters. The van der Waals surface area contributed by atoms with Crippen LogP contribution in [-0.2, 0) is 0 Å². The quantitative estimate of drug-likeness (QED) is 0.836. The first-order chi connectivity index (χ1) is 9.31. The van der Waals surface area contributed by atoms with E-state index in [4.69, 9.17) is 9.47 Å². The predicted octanol–water partition coefficient (Wildman–Crippen LogP) is 1.98. The highest BCUT2D eigenvalue weighted by Crippen LogP contribution is 2.28. The maximum atomic E-state index is 12.2. The molecule has 2 N–H and O–H groups in total. The predicted molar refractivity (Wildman–Crippen MR) is 77.4 cm³/mol. The number of nitrogens with one attached hydrogen (secondary N) is 1. The van der Waals surface area contributed by atoms with Crippen molar-refractivity contribution in [1.82, 2.24) is 5.32 Å². The van der Waals surface area contributed by atoms with Crippen molar-refractivity contribution in [2.75, 3.05) is 13.7 Å². The topological polar surface area (TPSA) is 67.8 Å². The maximum absolute atomic E-state index is 12.2. The van der Waals surface area contributed by atoms with Gasteiger partial charge in [-0.15, -0.1) is 0 Å². The summed E-state index contributed by atoms with van der Waals surface area (Å²) in [5.41, 5.74) is -0.244. The van der Waals surface area contributed by atoms with Gasteiger partial charge in [-0.25, -0.2) is 0 Å². The van der Waals surface area contributed by atoms with E-state index in [1.807, 2.05) is 6.92 Å². The molecule has 0 aliphatic carbocycles. The first-order valence-electron chi connectivity index (χ1n) is 6.63. The summed E-state index contributed by atoms with van der Waals surface area (Å²) in [6.45, 7) is 7.52. The average molecular weight is 281 g/mol. The molecule has 5 nitrogen and oxygen atoms in total. The van der Waals surface area contributed by atoms with Gasteiger partial charge >= 0.3 is 0 Å². The summed E-state index contributed by atoms with van der Waals surface area (Å²) in [5, 5.41) is 12.4. The molecule has 1 atom stereocenters. The minimum atomic E-state index is -0.706. The Labute approximate surface area is 119 Å². The number of aliphatic hydroxyl groups is 1. The van der Waals surface area contributed by atoms with Crippen LogP contribution in [0.3, 0.4) is 0 Å². The van der Waals surface area contributed by atoms with Crippen LogP contribution in [0.25, 0.3) is 0 Å². The third kappa shape index (κ3) is 3.87. The monoisotopic (exact) mass is 281 g/mol. The smallest absolute Gasteiger partial charge is 0.251 e. The van der Waals surface area contributed by atoms with E-state index in [1.54, 1.807) is 46.1 Å². The van der Waals surface area contributed by atoms with E-state index in [1.165, 1.54) is 0 Å². The zero-order valence-electron chi connectivity index (χ0n) is 12.7. The molecule has 1 amide bonds. The molecule has 112 valence electrons. The second-order valence-electron chi connectivity index (χ2n) is 5.15. The van der Waals surface area contributed by atoms with Crippen molar-refractivity contribution in [2.24, 2.45) is 0 Å². The number of hydrogen-bond acceptors (Lipinski definition) is 4. The molecule has 1 aromatic carbocycles. The fourth-order valence-corrected chi connectivity index (χ4v) is 1.56. The fraction of sp³-hybridized carbons (Fsp3) is 0.533. The Morgan fingerprint density at radius 2 is 2.05 bits per heavy atom. The Morgan fingerprint density at radius 1 is 1.40 bits per heavy atom. The Bertz CT molecular complexity index is 469. The van der Waals surface area contributed by atoms with E-state index in [-0.39, 0.29) is 5.91 Å². The molecule has 0 aliphatic heterocycles. The lowest BCUT2D eigenvalue weighted by Crippen LogP contribution is -2.50. The normalized spacial score (nSPS) is 12.7. The van der Waals surface area contributed by atoms with Gasteiger partial charge in [0.15, 0.2) is 11.5 Å². The highest BCUT2D eigenvalue weighted by Gasteiger charge is 2.26. The lowest BCUT2D eigenvalue weighted by atomic mass is 9.98. The molecule has 0 heterocycles. The SMILES string of the molecule is CCOc1cc(C(=O)NC(C)(C)C(C)O)ccc1OC. The van der Waals surface area contributed by atoms with Crippen LogP contribution in [0.4, 0.5) is 0 Å². The van der Waals surface area contributed by atoms with E-state index in [2.05, 4.69) is 5.32 Å². The van der Waals surface area contributed by atoms with Crippen LogP contribution in [0.15, 0.2) is 18.2 Å². The number of carbonyl (C=O) groups is 1. The lowest BCUT2D eigenvalue weighted by molar-refractivity contribution is 0.0709. The zero-order valence-corrected chi connectivity index (χ0v) is 12.7. The minimum Gasteiger partial charge on any atom is -0.493 e. The van der Waals surface area contributed by atoms with Crippen molar-refractivity contribution < 1.29 is 19.4 Å². The van der Waals surface area contributed by atoms with Crippen LogP contribution in [-0.4, -0.2) is 36.4 Å². The molecule has 0 saturated heterocycles. The number of methoxy groups -OCH3 is 1. The summed E-state index contributed by atoms with van der Waals surface area (Å²) in [6, 6.07) is 4.99. The van der Waals surface area contributed by atoms with Gasteiger partial charge < -0.3 is 19.9 Å². The molecule has 20 heavy (non-hydrogen) atoms. The number of rotatable bonds is 6. The Morgan fingerprint density at radius 3 is 2.55 bits per heavy atom. The second kappa shape index (κ2) is 6.61. The van der Waals surface area contributed by atoms with Gasteiger partial charge in [-0.05, 0) is 45.9 Å². The van der Waals surface area contributed by atoms with Crippen LogP contribution in [0.5, 0.6) is 11.5 Å².